The minimum absolute atomic E-state index is 0.307. The fourth-order valence-corrected chi connectivity index (χ4v) is 2.80. The van der Waals surface area contributed by atoms with Crippen LogP contribution in [0.3, 0.4) is 0 Å². The van der Waals surface area contributed by atoms with Crippen LogP contribution in [0.5, 0.6) is 0 Å². The summed E-state index contributed by atoms with van der Waals surface area (Å²) in [6, 6.07) is 0.530. The van der Waals surface area contributed by atoms with Crippen molar-refractivity contribution in [2.75, 3.05) is 39.8 Å². The maximum absolute atomic E-state index is 9.17. The smallest absolute Gasteiger partial charge is 0.0446 e. The predicted molar refractivity (Wildman–Crippen MR) is 68.6 cm³/mol. The third-order valence-corrected chi connectivity index (χ3v) is 3.27. The quantitative estimate of drug-likeness (QED) is 0.785. The van der Waals surface area contributed by atoms with Crippen molar-refractivity contribution >= 4 is 0 Å². The van der Waals surface area contributed by atoms with Crippen molar-refractivity contribution in [1.29, 1.82) is 0 Å². The van der Waals surface area contributed by atoms with Gasteiger partial charge in [0.25, 0.3) is 0 Å². The fourth-order valence-electron chi connectivity index (χ4n) is 2.80. The first-order chi connectivity index (χ1) is 7.52. The Morgan fingerprint density at radius 2 is 1.94 bits per heavy atom. The highest BCUT2D eigenvalue weighted by Crippen LogP contribution is 2.16. The number of nitrogens with zero attached hydrogens (tertiary/aromatic N) is 2. The summed E-state index contributed by atoms with van der Waals surface area (Å²) < 4.78 is 0. The van der Waals surface area contributed by atoms with Crippen LogP contribution < -0.4 is 0 Å². The van der Waals surface area contributed by atoms with Crippen LogP contribution in [0.25, 0.3) is 0 Å². The molecule has 1 rings (SSSR count). The minimum Gasteiger partial charge on any atom is -0.396 e. The van der Waals surface area contributed by atoms with Crippen LogP contribution >= 0.6 is 0 Å². The van der Waals surface area contributed by atoms with E-state index >= 15 is 0 Å². The average molecular weight is 228 g/mol. The van der Waals surface area contributed by atoms with E-state index < -0.39 is 0 Å². The molecule has 1 aliphatic heterocycles. The molecule has 16 heavy (non-hydrogen) atoms. The van der Waals surface area contributed by atoms with Crippen LogP contribution in [0.4, 0.5) is 0 Å². The van der Waals surface area contributed by atoms with Gasteiger partial charge >= 0.3 is 0 Å². The van der Waals surface area contributed by atoms with E-state index in [1.54, 1.807) is 0 Å². The molecule has 0 aromatic carbocycles. The molecule has 0 aromatic heterocycles. The van der Waals surface area contributed by atoms with E-state index in [2.05, 4.69) is 37.6 Å². The Balaban J connectivity index is 2.64. The molecule has 1 saturated heterocycles. The van der Waals surface area contributed by atoms with Gasteiger partial charge in [0.1, 0.15) is 0 Å². The molecule has 1 aliphatic rings. The van der Waals surface area contributed by atoms with E-state index in [-0.39, 0.29) is 0 Å². The number of hydrogen-bond acceptors (Lipinski definition) is 3. The van der Waals surface area contributed by atoms with E-state index in [1.165, 1.54) is 13.1 Å². The third-order valence-electron chi connectivity index (χ3n) is 3.27. The van der Waals surface area contributed by atoms with Gasteiger partial charge in [-0.25, -0.2) is 0 Å². The van der Waals surface area contributed by atoms with Crippen LogP contribution in [-0.2, 0) is 0 Å². The molecule has 0 amide bonds. The van der Waals surface area contributed by atoms with E-state index in [4.69, 9.17) is 5.11 Å². The van der Waals surface area contributed by atoms with Crippen LogP contribution in [0, 0.1) is 11.8 Å². The zero-order valence-electron chi connectivity index (χ0n) is 11.3. The van der Waals surface area contributed by atoms with E-state index in [0.717, 1.165) is 25.4 Å². The molecule has 1 fully saturated rings. The van der Waals surface area contributed by atoms with Gasteiger partial charge < -0.3 is 10.0 Å². The molecular weight excluding hydrogens is 200 g/mol. The highest BCUT2D eigenvalue weighted by molar-refractivity contribution is 4.81. The zero-order valence-corrected chi connectivity index (χ0v) is 11.3. The molecule has 2 unspecified atom stereocenters. The Kier molecular flexibility index (Phi) is 5.73. The number of aliphatic hydroxyl groups is 1. The lowest BCUT2D eigenvalue weighted by Gasteiger charge is -2.32. The topological polar surface area (TPSA) is 26.7 Å². The molecule has 1 N–H and O–H groups in total. The van der Waals surface area contributed by atoms with Crippen LogP contribution in [0.1, 0.15) is 27.2 Å². The summed E-state index contributed by atoms with van der Waals surface area (Å²) >= 11 is 0. The number of aliphatic hydroxyl groups excluding tert-OH is 1. The Morgan fingerprint density at radius 3 is 2.50 bits per heavy atom. The monoisotopic (exact) mass is 228 g/mol. The molecule has 0 saturated carbocycles. The van der Waals surface area contributed by atoms with Gasteiger partial charge in [-0.15, -0.1) is 0 Å². The van der Waals surface area contributed by atoms with Gasteiger partial charge in [-0.1, -0.05) is 20.8 Å². The molecule has 0 aromatic rings. The van der Waals surface area contributed by atoms with Crippen LogP contribution in [0.15, 0.2) is 0 Å². The maximum Gasteiger partial charge on any atom is 0.0446 e. The van der Waals surface area contributed by atoms with Gasteiger partial charge in [-0.3, -0.25) is 4.90 Å². The lowest BCUT2D eigenvalue weighted by atomic mass is 10.1. The van der Waals surface area contributed by atoms with Crippen molar-refractivity contribution < 1.29 is 5.11 Å². The van der Waals surface area contributed by atoms with Gasteiger partial charge in [0.05, 0.1) is 0 Å². The second kappa shape index (κ2) is 6.58. The number of rotatable bonds is 4. The van der Waals surface area contributed by atoms with Gasteiger partial charge in [0, 0.05) is 38.8 Å². The standard InChI is InChI=1S/C13H28N2O/c1-11(2)7-15-9-12(3)8-14(4)10-13(15)5-6-16/h11-13,16H,5-10H2,1-4H3. The molecule has 3 nitrogen and oxygen atoms in total. The normalized spacial score (nSPS) is 29.6. The Morgan fingerprint density at radius 1 is 1.25 bits per heavy atom. The molecule has 96 valence electrons. The van der Waals surface area contributed by atoms with Crippen molar-refractivity contribution in [3.05, 3.63) is 0 Å². The summed E-state index contributed by atoms with van der Waals surface area (Å²) in [5.41, 5.74) is 0. The highest BCUT2D eigenvalue weighted by Gasteiger charge is 2.26. The first kappa shape index (κ1) is 13.9. The van der Waals surface area contributed by atoms with Crippen molar-refractivity contribution in [3.8, 4) is 0 Å². The molecule has 3 heteroatoms. The lowest BCUT2D eigenvalue weighted by Crippen LogP contribution is -2.42. The van der Waals surface area contributed by atoms with Crippen LogP contribution in [0.2, 0.25) is 0 Å². The Labute approximate surface area is 100 Å². The summed E-state index contributed by atoms with van der Waals surface area (Å²) in [5.74, 6) is 1.43. The average Bonchev–Trinajstić information content (AvgIpc) is 2.25. The largest absolute Gasteiger partial charge is 0.396 e. The highest BCUT2D eigenvalue weighted by atomic mass is 16.3. The summed E-state index contributed by atoms with van der Waals surface area (Å²) in [5, 5.41) is 9.17. The Hall–Kier alpha value is -0.120. The van der Waals surface area contributed by atoms with Crippen molar-refractivity contribution in [3.63, 3.8) is 0 Å². The predicted octanol–water partition coefficient (Wildman–Crippen LogP) is 1.28. The summed E-state index contributed by atoms with van der Waals surface area (Å²) in [6.07, 6.45) is 0.907. The molecule has 0 aliphatic carbocycles. The molecule has 1 heterocycles. The van der Waals surface area contributed by atoms with E-state index in [9.17, 15) is 0 Å². The summed E-state index contributed by atoms with van der Waals surface area (Å²) in [6.45, 7) is 11.8. The van der Waals surface area contributed by atoms with Crippen molar-refractivity contribution in [2.45, 2.75) is 33.2 Å². The maximum atomic E-state index is 9.17. The zero-order chi connectivity index (χ0) is 12.1. The van der Waals surface area contributed by atoms with Crippen molar-refractivity contribution in [1.82, 2.24) is 9.80 Å². The lowest BCUT2D eigenvalue weighted by molar-refractivity contribution is 0.133. The Bertz CT molecular complexity index is 196. The van der Waals surface area contributed by atoms with Gasteiger partial charge in [-0.2, -0.15) is 0 Å². The van der Waals surface area contributed by atoms with Gasteiger partial charge in [0.15, 0.2) is 0 Å². The summed E-state index contributed by atoms with van der Waals surface area (Å²) in [4.78, 5) is 4.99. The molecular formula is C13H28N2O. The van der Waals surface area contributed by atoms with Crippen molar-refractivity contribution in [2.24, 2.45) is 11.8 Å². The molecule has 0 bridgehead atoms. The number of hydrogen-bond donors (Lipinski definition) is 1. The number of likely N-dealkylation sites (N-methyl/N-ethyl adjacent to an activating group) is 1. The minimum atomic E-state index is 0.307. The summed E-state index contributed by atoms with van der Waals surface area (Å²) in [7, 11) is 2.19. The second-order valence-electron chi connectivity index (χ2n) is 5.84. The second-order valence-corrected chi connectivity index (χ2v) is 5.84. The van der Waals surface area contributed by atoms with Gasteiger partial charge in [-0.05, 0) is 25.3 Å². The fraction of sp³-hybridized carbons (Fsp3) is 1.00. The van der Waals surface area contributed by atoms with Crippen LogP contribution in [-0.4, -0.2) is 60.8 Å². The van der Waals surface area contributed by atoms with E-state index in [0.29, 0.717) is 18.6 Å². The van der Waals surface area contributed by atoms with Gasteiger partial charge in [0.2, 0.25) is 0 Å². The molecule has 0 spiro atoms. The molecule has 2 atom stereocenters. The molecule has 0 radical (unpaired) electrons. The first-order valence-electron chi connectivity index (χ1n) is 6.56. The first-order valence-corrected chi connectivity index (χ1v) is 6.56. The SMILES string of the molecule is CC(C)CN1CC(C)CN(C)CC1CCO. The van der Waals surface area contributed by atoms with E-state index in [1.807, 2.05) is 0 Å². The third kappa shape index (κ3) is 4.40.